The normalized spacial score (nSPS) is 14.7. The lowest BCUT2D eigenvalue weighted by Gasteiger charge is -2.38. The third-order valence-corrected chi connectivity index (χ3v) is 6.47. The van der Waals surface area contributed by atoms with Gasteiger partial charge in [0.1, 0.15) is 17.3 Å². The van der Waals surface area contributed by atoms with E-state index < -0.39 is 6.04 Å². The van der Waals surface area contributed by atoms with Crippen LogP contribution in [0.4, 0.5) is 5.69 Å². The smallest absolute Gasteiger partial charge is 0.272 e. The summed E-state index contributed by atoms with van der Waals surface area (Å²) in [5.41, 5.74) is 5.95. The highest BCUT2D eigenvalue weighted by molar-refractivity contribution is 5.94. The van der Waals surface area contributed by atoms with Crippen molar-refractivity contribution >= 4 is 34.5 Å². The van der Waals surface area contributed by atoms with E-state index in [9.17, 15) is 14.4 Å². The third kappa shape index (κ3) is 5.79. The second-order valence-electron chi connectivity index (χ2n) is 9.12. The van der Waals surface area contributed by atoms with Gasteiger partial charge < -0.3 is 14.6 Å². The zero-order chi connectivity index (χ0) is 27.4. The summed E-state index contributed by atoms with van der Waals surface area (Å²) in [6.07, 6.45) is 1.55. The van der Waals surface area contributed by atoms with E-state index in [-0.39, 0.29) is 23.4 Å². The zero-order valence-electron chi connectivity index (χ0n) is 21.6. The number of hydrogen-bond acceptors (Lipinski definition) is 8. The standard InChI is InChI=1S/C28H28N6O5/c1-18(35)30-21-8-9-24-22(17-21)31-27(39-24)20-10-11-29-23(16-20)28(37)34-14-12-33(13-15-34)25(26(36)32-38-2)19-6-4-3-5-7-19/h3-11,16-17,25H,12-15H2,1-2H3,(H,30,35)(H,32,36). The van der Waals surface area contributed by atoms with Gasteiger partial charge in [0.2, 0.25) is 11.8 Å². The lowest BCUT2D eigenvalue weighted by atomic mass is 10.0. The Morgan fingerprint density at radius 1 is 1.00 bits per heavy atom. The lowest BCUT2D eigenvalue weighted by molar-refractivity contribution is -0.138. The number of rotatable bonds is 7. The van der Waals surface area contributed by atoms with Gasteiger partial charge in [0.05, 0.1) is 7.11 Å². The van der Waals surface area contributed by atoms with Crippen molar-refractivity contribution < 1.29 is 23.6 Å². The molecule has 39 heavy (non-hydrogen) atoms. The summed E-state index contributed by atoms with van der Waals surface area (Å²) in [7, 11) is 1.40. The Morgan fingerprint density at radius 2 is 1.77 bits per heavy atom. The largest absolute Gasteiger partial charge is 0.436 e. The molecule has 11 nitrogen and oxygen atoms in total. The van der Waals surface area contributed by atoms with E-state index in [0.717, 1.165) is 5.56 Å². The van der Waals surface area contributed by atoms with E-state index in [1.165, 1.54) is 14.0 Å². The summed E-state index contributed by atoms with van der Waals surface area (Å²) >= 11 is 0. The molecule has 3 heterocycles. The minimum Gasteiger partial charge on any atom is -0.436 e. The van der Waals surface area contributed by atoms with Crippen molar-refractivity contribution in [3.05, 3.63) is 78.1 Å². The first-order chi connectivity index (χ1) is 18.9. The van der Waals surface area contributed by atoms with Crippen LogP contribution in [-0.4, -0.2) is 70.8 Å². The summed E-state index contributed by atoms with van der Waals surface area (Å²) in [4.78, 5) is 54.9. The molecule has 2 aromatic heterocycles. The molecule has 2 aromatic carbocycles. The molecule has 0 aliphatic carbocycles. The molecule has 1 atom stereocenters. The summed E-state index contributed by atoms with van der Waals surface area (Å²) in [5.74, 6) is -0.301. The van der Waals surface area contributed by atoms with Crippen LogP contribution < -0.4 is 10.8 Å². The average Bonchev–Trinajstić information content (AvgIpc) is 3.37. The minimum atomic E-state index is -0.532. The van der Waals surface area contributed by atoms with Crippen LogP contribution >= 0.6 is 0 Å². The highest BCUT2D eigenvalue weighted by atomic mass is 16.6. The van der Waals surface area contributed by atoms with Crippen LogP contribution in [0, 0.1) is 0 Å². The van der Waals surface area contributed by atoms with Gasteiger partial charge in [-0.25, -0.2) is 10.5 Å². The molecule has 0 bridgehead atoms. The van der Waals surface area contributed by atoms with Gasteiger partial charge in [0.25, 0.3) is 11.8 Å². The number of amides is 3. The molecule has 0 radical (unpaired) electrons. The molecule has 0 spiro atoms. The van der Waals surface area contributed by atoms with Gasteiger partial charge in [-0.2, -0.15) is 0 Å². The van der Waals surface area contributed by atoms with Gasteiger partial charge in [-0.1, -0.05) is 30.3 Å². The number of hydroxylamine groups is 1. The highest BCUT2D eigenvalue weighted by Crippen LogP contribution is 2.27. The number of nitrogens with one attached hydrogen (secondary N) is 2. The molecule has 3 amide bonds. The van der Waals surface area contributed by atoms with Gasteiger partial charge in [0, 0.05) is 50.6 Å². The minimum absolute atomic E-state index is 0.176. The Morgan fingerprint density at radius 3 is 2.49 bits per heavy atom. The third-order valence-electron chi connectivity index (χ3n) is 6.47. The van der Waals surface area contributed by atoms with Crippen molar-refractivity contribution in [2.24, 2.45) is 0 Å². The summed E-state index contributed by atoms with van der Waals surface area (Å²) in [6, 6.07) is 17.5. The van der Waals surface area contributed by atoms with Crippen LogP contribution in [0.3, 0.4) is 0 Å². The number of hydrogen-bond donors (Lipinski definition) is 2. The maximum Gasteiger partial charge on any atom is 0.272 e. The zero-order valence-corrected chi connectivity index (χ0v) is 21.6. The lowest BCUT2D eigenvalue weighted by Crippen LogP contribution is -2.52. The van der Waals surface area contributed by atoms with Crippen LogP contribution in [0.5, 0.6) is 0 Å². The summed E-state index contributed by atoms with van der Waals surface area (Å²) < 4.78 is 5.89. The van der Waals surface area contributed by atoms with E-state index in [1.54, 1.807) is 41.4 Å². The monoisotopic (exact) mass is 528 g/mol. The molecule has 1 fully saturated rings. The molecule has 1 aliphatic heterocycles. The van der Waals surface area contributed by atoms with Crippen molar-refractivity contribution in [3.63, 3.8) is 0 Å². The molecular weight excluding hydrogens is 500 g/mol. The van der Waals surface area contributed by atoms with Gasteiger partial charge in [-0.3, -0.25) is 29.1 Å². The first-order valence-corrected chi connectivity index (χ1v) is 12.5. The first kappa shape index (κ1) is 26.0. The molecule has 11 heteroatoms. The molecule has 1 unspecified atom stereocenters. The first-order valence-electron chi connectivity index (χ1n) is 12.5. The number of anilines is 1. The number of pyridine rings is 1. The molecule has 5 rings (SSSR count). The Bertz CT molecular complexity index is 1500. The molecule has 1 aliphatic rings. The summed E-state index contributed by atoms with van der Waals surface area (Å²) in [5, 5.41) is 2.73. The predicted molar refractivity (Wildman–Crippen MR) is 143 cm³/mol. The van der Waals surface area contributed by atoms with Crippen molar-refractivity contribution in [1.82, 2.24) is 25.2 Å². The fraction of sp³-hybridized carbons (Fsp3) is 0.250. The van der Waals surface area contributed by atoms with Crippen LogP contribution in [-0.2, 0) is 14.4 Å². The number of carbonyl (C=O) groups is 3. The molecule has 0 saturated carbocycles. The fourth-order valence-electron chi connectivity index (χ4n) is 4.68. The molecule has 2 N–H and O–H groups in total. The Hall–Kier alpha value is -4.61. The van der Waals surface area contributed by atoms with E-state index in [4.69, 9.17) is 9.25 Å². The van der Waals surface area contributed by atoms with E-state index in [1.807, 2.05) is 35.2 Å². The number of nitrogens with zero attached hydrogens (tertiary/aromatic N) is 4. The fourth-order valence-corrected chi connectivity index (χ4v) is 4.68. The van der Waals surface area contributed by atoms with Crippen LogP contribution in [0.2, 0.25) is 0 Å². The molecule has 1 saturated heterocycles. The van der Waals surface area contributed by atoms with Gasteiger partial charge >= 0.3 is 0 Å². The van der Waals surface area contributed by atoms with Crippen molar-refractivity contribution in [2.75, 3.05) is 38.6 Å². The maximum absolute atomic E-state index is 13.3. The number of benzene rings is 2. The highest BCUT2D eigenvalue weighted by Gasteiger charge is 2.32. The van der Waals surface area contributed by atoms with Gasteiger partial charge in [-0.15, -0.1) is 0 Å². The van der Waals surface area contributed by atoms with E-state index in [0.29, 0.717) is 54.4 Å². The summed E-state index contributed by atoms with van der Waals surface area (Å²) in [6.45, 7) is 3.31. The van der Waals surface area contributed by atoms with Gasteiger partial charge in [0.15, 0.2) is 5.58 Å². The average molecular weight is 529 g/mol. The number of carbonyl (C=O) groups excluding carboxylic acids is 3. The number of oxazole rings is 1. The molecular formula is C28H28N6O5. The quantitative estimate of drug-likeness (QED) is 0.350. The molecule has 200 valence electrons. The molecule has 4 aromatic rings. The maximum atomic E-state index is 13.3. The predicted octanol–water partition coefficient (Wildman–Crippen LogP) is 3.02. The van der Waals surface area contributed by atoms with E-state index >= 15 is 0 Å². The van der Waals surface area contributed by atoms with Crippen molar-refractivity contribution in [1.29, 1.82) is 0 Å². The number of aromatic nitrogens is 2. The van der Waals surface area contributed by atoms with Crippen LogP contribution in [0.1, 0.15) is 29.0 Å². The Kier molecular flexibility index (Phi) is 7.62. The van der Waals surface area contributed by atoms with Crippen molar-refractivity contribution in [2.45, 2.75) is 13.0 Å². The van der Waals surface area contributed by atoms with Gasteiger partial charge in [-0.05, 0) is 35.9 Å². The van der Waals surface area contributed by atoms with E-state index in [2.05, 4.69) is 20.8 Å². The Labute approximate surface area is 224 Å². The number of piperazine rings is 1. The SMILES string of the molecule is CONC(=O)C(c1ccccc1)N1CCN(C(=O)c2cc(-c3nc4cc(NC(C)=O)ccc4o3)ccn2)CC1. The second kappa shape index (κ2) is 11.4. The van der Waals surface area contributed by atoms with Crippen LogP contribution in [0.15, 0.2) is 71.3 Å². The topological polar surface area (TPSA) is 130 Å². The Balaban J connectivity index is 1.29. The van der Waals surface area contributed by atoms with Crippen molar-refractivity contribution in [3.8, 4) is 11.5 Å². The number of fused-ring (bicyclic) bond motifs is 1. The second-order valence-corrected chi connectivity index (χ2v) is 9.12. The van der Waals surface area contributed by atoms with Crippen LogP contribution in [0.25, 0.3) is 22.6 Å².